The number of carboxylic acid groups (broad SMARTS) is 1. The van der Waals surface area contributed by atoms with Crippen molar-refractivity contribution in [3.8, 4) is 0 Å². The number of carboxylic acids is 1. The van der Waals surface area contributed by atoms with E-state index in [1.807, 2.05) is 30.5 Å². The Balaban J connectivity index is 2.15. The van der Waals surface area contributed by atoms with Crippen LogP contribution in [0.5, 0.6) is 0 Å². The molecule has 9 N–H and O–H groups in total. The number of aromatic amines is 1. The van der Waals surface area contributed by atoms with Crippen LogP contribution in [0.4, 0.5) is 0 Å². The minimum atomic E-state index is -1.45. The molecule has 1 aromatic heterocycles. The monoisotopic (exact) mass is 548 g/mol. The summed E-state index contributed by atoms with van der Waals surface area (Å²) < 4.78 is 0. The van der Waals surface area contributed by atoms with Crippen molar-refractivity contribution in [2.75, 3.05) is 12.0 Å². The fourth-order valence-electron chi connectivity index (χ4n) is 3.84. The van der Waals surface area contributed by atoms with Gasteiger partial charge in [0.1, 0.15) is 18.1 Å². The van der Waals surface area contributed by atoms with Crippen LogP contribution in [0.3, 0.4) is 0 Å². The van der Waals surface area contributed by atoms with Crippen LogP contribution < -0.4 is 27.4 Å². The lowest BCUT2D eigenvalue weighted by atomic mass is 10.0. The van der Waals surface area contributed by atoms with Crippen LogP contribution in [0.1, 0.15) is 32.3 Å². The largest absolute Gasteiger partial charge is 0.480 e. The molecule has 4 unspecified atom stereocenters. The summed E-state index contributed by atoms with van der Waals surface area (Å²) in [7, 11) is 0. The molecule has 12 nitrogen and oxygen atoms in total. The number of para-hydroxylation sites is 1. The quantitative estimate of drug-likeness (QED) is 0.159. The number of benzene rings is 1. The smallest absolute Gasteiger partial charge is 0.326 e. The van der Waals surface area contributed by atoms with Crippen LogP contribution in [-0.2, 0) is 30.4 Å². The van der Waals surface area contributed by atoms with Crippen molar-refractivity contribution in [3.63, 3.8) is 0 Å². The molecule has 4 atom stereocenters. The van der Waals surface area contributed by atoms with Crippen LogP contribution in [0, 0.1) is 5.92 Å². The minimum Gasteiger partial charge on any atom is -0.480 e. The Labute approximate surface area is 225 Å². The summed E-state index contributed by atoms with van der Waals surface area (Å²) in [5, 5.41) is 18.0. The van der Waals surface area contributed by atoms with Gasteiger partial charge in [-0.2, -0.15) is 11.8 Å². The summed E-state index contributed by atoms with van der Waals surface area (Å²) in [5.41, 5.74) is 12.7. The van der Waals surface area contributed by atoms with Crippen LogP contribution in [-0.4, -0.2) is 75.9 Å². The highest BCUT2D eigenvalue weighted by Crippen LogP contribution is 2.19. The number of amides is 4. The third kappa shape index (κ3) is 8.77. The van der Waals surface area contributed by atoms with Gasteiger partial charge in [-0.25, -0.2) is 4.79 Å². The summed E-state index contributed by atoms with van der Waals surface area (Å²) >= 11 is 1.53. The van der Waals surface area contributed by atoms with Crippen LogP contribution in [0.15, 0.2) is 30.5 Å². The fraction of sp³-hybridized carbons (Fsp3) is 0.480. The van der Waals surface area contributed by atoms with Gasteiger partial charge in [-0.15, -0.1) is 0 Å². The summed E-state index contributed by atoms with van der Waals surface area (Å²) in [6, 6.07) is 2.65. The Hall–Kier alpha value is -3.58. The summed E-state index contributed by atoms with van der Waals surface area (Å²) in [6.07, 6.45) is 3.35. The van der Waals surface area contributed by atoms with Crippen molar-refractivity contribution in [3.05, 3.63) is 36.0 Å². The van der Waals surface area contributed by atoms with E-state index in [9.17, 15) is 29.1 Å². The van der Waals surface area contributed by atoms with E-state index < -0.39 is 60.2 Å². The number of hydrogen-bond acceptors (Lipinski definition) is 7. The molecule has 0 fully saturated rings. The van der Waals surface area contributed by atoms with Gasteiger partial charge in [-0.1, -0.05) is 32.0 Å². The molecule has 0 spiro atoms. The molecule has 0 aliphatic carbocycles. The lowest BCUT2D eigenvalue weighted by molar-refractivity contribution is -0.142. The molecule has 38 heavy (non-hydrogen) atoms. The van der Waals surface area contributed by atoms with Gasteiger partial charge in [0.2, 0.25) is 23.6 Å². The van der Waals surface area contributed by atoms with Crippen molar-refractivity contribution in [1.82, 2.24) is 20.9 Å². The molecule has 0 radical (unpaired) electrons. The fourth-order valence-corrected chi connectivity index (χ4v) is 4.33. The van der Waals surface area contributed by atoms with Crippen LogP contribution in [0.25, 0.3) is 10.9 Å². The number of aliphatic carboxylic acids is 1. The first kappa shape index (κ1) is 30.6. The molecule has 2 aromatic rings. The Kier molecular flexibility index (Phi) is 11.6. The lowest BCUT2D eigenvalue weighted by Gasteiger charge is -2.26. The van der Waals surface area contributed by atoms with Gasteiger partial charge >= 0.3 is 5.97 Å². The van der Waals surface area contributed by atoms with Gasteiger partial charge in [0.25, 0.3) is 0 Å². The predicted octanol–water partition coefficient (Wildman–Crippen LogP) is -0.139. The average molecular weight is 549 g/mol. The first-order valence-corrected chi connectivity index (χ1v) is 13.6. The Morgan fingerprint density at radius 2 is 1.66 bits per heavy atom. The first-order chi connectivity index (χ1) is 17.9. The highest BCUT2D eigenvalue weighted by atomic mass is 32.2. The van der Waals surface area contributed by atoms with Crippen LogP contribution >= 0.6 is 11.8 Å². The van der Waals surface area contributed by atoms with Gasteiger partial charge in [-0.05, 0) is 36.0 Å². The zero-order valence-corrected chi connectivity index (χ0v) is 22.5. The number of carbonyl (C=O) groups is 5. The SMILES string of the molecule is CSCCC(N)C(=O)NC(C(=O)NC(CC(N)=O)C(=O)NC(Cc1c[nH]c2ccccc12)C(=O)O)C(C)C. The molecule has 0 saturated heterocycles. The van der Waals surface area contributed by atoms with Gasteiger partial charge in [0, 0.05) is 23.5 Å². The van der Waals surface area contributed by atoms with E-state index in [4.69, 9.17) is 11.5 Å². The molecule has 0 bridgehead atoms. The lowest BCUT2D eigenvalue weighted by Crippen LogP contribution is -2.59. The second-order valence-electron chi connectivity index (χ2n) is 9.31. The van der Waals surface area contributed by atoms with E-state index in [-0.39, 0.29) is 12.3 Å². The molecular formula is C25H36N6O6S. The standard InChI is InChI=1S/C25H36N6O6S/c1-13(2)21(31-22(33)16(26)8-9-38-3)24(35)29-18(11-20(27)32)23(34)30-19(25(36)37)10-14-12-28-17-7-5-4-6-15(14)17/h4-7,12-13,16,18-19,21,28H,8-11,26H2,1-3H3,(H2,27,32)(H,29,35)(H,30,34)(H,31,33)(H,36,37). The van der Waals surface area contributed by atoms with E-state index in [0.717, 1.165) is 10.9 Å². The zero-order valence-electron chi connectivity index (χ0n) is 21.7. The molecule has 4 amide bonds. The first-order valence-electron chi connectivity index (χ1n) is 12.2. The highest BCUT2D eigenvalue weighted by molar-refractivity contribution is 7.98. The number of hydrogen-bond donors (Lipinski definition) is 7. The second-order valence-corrected chi connectivity index (χ2v) is 10.3. The third-order valence-electron chi connectivity index (χ3n) is 5.97. The van der Waals surface area contributed by atoms with E-state index in [1.165, 1.54) is 11.8 Å². The number of H-pyrrole nitrogens is 1. The van der Waals surface area contributed by atoms with Crippen LogP contribution in [0.2, 0.25) is 0 Å². The van der Waals surface area contributed by atoms with Gasteiger partial charge < -0.3 is 37.5 Å². The third-order valence-corrected chi connectivity index (χ3v) is 6.61. The molecule has 0 saturated carbocycles. The predicted molar refractivity (Wildman–Crippen MR) is 145 cm³/mol. The number of rotatable bonds is 15. The number of primary amides is 1. The number of nitrogens with one attached hydrogen (secondary N) is 4. The Morgan fingerprint density at radius 1 is 1.00 bits per heavy atom. The summed E-state index contributed by atoms with van der Waals surface area (Å²) in [5.74, 6) is -4.02. The maximum atomic E-state index is 13.1. The molecule has 13 heteroatoms. The molecule has 0 aliphatic rings. The number of carbonyl (C=O) groups excluding carboxylic acids is 4. The zero-order chi connectivity index (χ0) is 28.4. The molecule has 2 rings (SSSR count). The minimum absolute atomic E-state index is 0.0407. The Morgan fingerprint density at radius 3 is 2.26 bits per heavy atom. The molecule has 1 aromatic carbocycles. The topological polar surface area (TPSA) is 209 Å². The normalized spacial score (nSPS) is 14.3. The number of nitrogens with two attached hydrogens (primary N) is 2. The van der Waals surface area contributed by atoms with Gasteiger partial charge in [0.15, 0.2) is 0 Å². The number of aromatic nitrogens is 1. The molecule has 208 valence electrons. The maximum Gasteiger partial charge on any atom is 0.326 e. The summed E-state index contributed by atoms with van der Waals surface area (Å²) in [6.45, 7) is 3.39. The van der Waals surface area contributed by atoms with Gasteiger partial charge in [-0.3, -0.25) is 19.2 Å². The van der Waals surface area contributed by atoms with Crippen molar-refractivity contribution in [2.45, 2.75) is 57.3 Å². The van der Waals surface area contributed by atoms with Crippen molar-refractivity contribution < 1.29 is 29.1 Å². The van der Waals surface area contributed by atoms with Crippen molar-refractivity contribution in [1.29, 1.82) is 0 Å². The van der Waals surface area contributed by atoms with Crippen molar-refractivity contribution in [2.24, 2.45) is 17.4 Å². The van der Waals surface area contributed by atoms with Crippen molar-refractivity contribution >= 4 is 52.3 Å². The second kappa shape index (κ2) is 14.4. The van der Waals surface area contributed by atoms with E-state index in [1.54, 1.807) is 20.0 Å². The number of thioether (sulfide) groups is 1. The summed E-state index contributed by atoms with van der Waals surface area (Å²) in [4.78, 5) is 65.3. The van der Waals surface area contributed by atoms with Gasteiger partial charge in [0.05, 0.1) is 12.5 Å². The maximum absolute atomic E-state index is 13.1. The molecular weight excluding hydrogens is 512 g/mol. The average Bonchev–Trinajstić information content (AvgIpc) is 3.26. The van der Waals surface area contributed by atoms with E-state index in [0.29, 0.717) is 17.7 Å². The molecule has 0 aliphatic heterocycles. The number of fused-ring (bicyclic) bond motifs is 1. The molecule has 1 heterocycles. The van der Waals surface area contributed by atoms with E-state index in [2.05, 4.69) is 20.9 Å². The Bertz CT molecular complexity index is 1150. The van der Waals surface area contributed by atoms with E-state index >= 15 is 0 Å². The highest BCUT2D eigenvalue weighted by Gasteiger charge is 2.32.